The van der Waals surface area contributed by atoms with Crippen molar-refractivity contribution in [2.24, 2.45) is 53.3 Å². The molecule has 0 N–H and O–H groups in total. The quantitative estimate of drug-likeness (QED) is 0.437. The van der Waals surface area contributed by atoms with Crippen molar-refractivity contribution in [2.45, 2.75) is 25.8 Å². The van der Waals surface area contributed by atoms with E-state index in [1.807, 2.05) is 0 Å². The number of fused-ring (bicyclic) bond motifs is 15. The number of amides is 6. The summed E-state index contributed by atoms with van der Waals surface area (Å²) in [5.74, 6) is -2.32. The Morgan fingerprint density at radius 1 is 0.769 bits per heavy atom. The van der Waals surface area contributed by atoms with Crippen LogP contribution in [0, 0.1) is 53.3 Å². The van der Waals surface area contributed by atoms with Crippen molar-refractivity contribution in [3.05, 3.63) is 34.9 Å². The first-order chi connectivity index (χ1) is 18.7. The van der Waals surface area contributed by atoms with Gasteiger partial charge in [0.2, 0.25) is 23.6 Å². The third kappa shape index (κ3) is 2.41. The maximum atomic E-state index is 13.7. The van der Waals surface area contributed by atoms with Gasteiger partial charge in [-0.15, -0.1) is 0 Å². The van der Waals surface area contributed by atoms with E-state index in [2.05, 4.69) is 12.2 Å². The van der Waals surface area contributed by atoms with Crippen molar-refractivity contribution >= 4 is 46.6 Å². The van der Waals surface area contributed by atoms with Gasteiger partial charge >= 0.3 is 0 Å². The van der Waals surface area contributed by atoms with E-state index in [4.69, 9.17) is 4.42 Å². The maximum Gasteiger partial charge on any atom is 0.265 e. The van der Waals surface area contributed by atoms with Gasteiger partial charge in [0.05, 0.1) is 41.3 Å². The fourth-order valence-corrected chi connectivity index (χ4v) is 9.53. The highest BCUT2D eigenvalue weighted by molar-refractivity contribution is 6.28. The SMILES string of the molecule is CN1C(=O)c2c(c3oc2cc3CN2C(=O)C3C4CC(CN5C(=O)C6C7C=CC(C7)C6C5=O)C(C4)C3C2=O)C1=O. The fraction of sp³-hybridized carbons (Fsp3) is 0.517. The van der Waals surface area contributed by atoms with E-state index in [1.54, 1.807) is 6.07 Å². The standard InChI is InChI=1S/C29H25N3O7/c1-30-24(33)21-16-7-14(23(39-16)22(21)25(30)34)9-32-28(37)19-12-5-13(15(6-12)20(19)29(32)38)8-31-26(35)17-10-2-3-11(4-10)18(17)27(31)36/h2-3,7,10-13,15,17-20H,4-6,8-9H2,1H3. The molecule has 0 aromatic carbocycles. The molecule has 9 unspecified atom stereocenters. The molecule has 6 amide bonds. The monoisotopic (exact) mass is 527 g/mol. The molecule has 6 bridgehead atoms. The van der Waals surface area contributed by atoms with E-state index in [9.17, 15) is 28.8 Å². The molecular weight excluding hydrogens is 502 g/mol. The molecule has 5 heterocycles. The van der Waals surface area contributed by atoms with E-state index in [-0.39, 0.29) is 94.2 Å². The van der Waals surface area contributed by atoms with Crippen LogP contribution in [0.15, 0.2) is 22.6 Å². The number of rotatable bonds is 4. The minimum atomic E-state index is -0.445. The van der Waals surface area contributed by atoms with Crippen LogP contribution in [0.25, 0.3) is 11.2 Å². The third-order valence-electron chi connectivity index (χ3n) is 11.1. The van der Waals surface area contributed by atoms with Crippen LogP contribution in [0.4, 0.5) is 0 Å². The second-order valence-corrected chi connectivity index (χ2v) is 12.6. The zero-order chi connectivity index (χ0) is 26.6. The molecule has 3 saturated carbocycles. The summed E-state index contributed by atoms with van der Waals surface area (Å²) in [6.07, 6.45) is 6.57. The van der Waals surface area contributed by atoms with E-state index in [0.717, 1.165) is 24.2 Å². The Labute approximate surface area is 222 Å². The molecule has 2 aromatic heterocycles. The largest absolute Gasteiger partial charge is 0.455 e. The van der Waals surface area contributed by atoms with Gasteiger partial charge < -0.3 is 4.42 Å². The van der Waals surface area contributed by atoms with Gasteiger partial charge in [0.25, 0.3) is 11.8 Å². The van der Waals surface area contributed by atoms with E-state index >= 15 is 0 Å². The Balaban J connectivity index is 0.957. The molecule has 9 atom stereocenters. The van der Waals surface area contributed by atoms with Crippen molar-refractivity contribution in [2.75, 3.05) is 13.6 Å². The Morgan fingerprint density at radius 2 is 1.41 bits per heavy atom. The number of hydrogen-bond acceptors (Lipinski definition) is 7. The predicted molar refractivity (Wildman–Crippen MR) is 131 cm³/mol. The van der Waals surface area contributed by atoms with Crippen LogP contribution in [-0.4, -0.2) is 63.7 Å². The molecule has 2 saturated heterocycles. The van der Waals surface area contributed by atoms with Crippen LogP contribution in [0.3, 0.4) is 0 Å². The lowest BCUT2D eigenvalue weighted by Crippen LogP contribution is -2.41. The third-order valence-corrected chi connectivity index (χ3v) is 11.1. The van der Waals surface area contributed by atoms with E-state index in [0.29, 0.717) is 17.7 Å². The van der Waals surface area contributed by atoms with E-state index < -0.39 is 17.7 Å². The topological polar surface area (TPSA) is 125 Å². The van der Waals surface area contributed by atoms with Crippen molar-refractivity contribution in [1.82, 2.24) is 14.7 Å². The van der Waals surface area contributed by atoms with Gasteiger partial charge in [-0.3, -0.25) is 43.5 Å². The van der Waals surface area contributed by atoms with Crippen LogP contribution >= 0.6 is 0 Å². The zero-order valence-corrected chi connectivity index (χ0v) is 21.2. The van der Waals surface area contributed by atoms with Gasteiger partial charge in [0, 0.05) is 19.2 Å². The lowest BCUT2D eigenvalue weighted by atomic mass is 9.75. The Morgan fingerprint density at radius 3 is 2.13 bits per heavy atom. The smallest absolute Gasteiger partial charge is 0.265 e. The molecule has 4 aliphatic carbocycles. The summed E-state index contributed by atoms with van der Waals surface area (Å²) in [7, 11) is 1.42. The Bertz CT molecular complexity index is 1590. The van der Waals surface area contributed by atoms with Crippen LogP contribution in [0.1, 0.15) is 45.5 Å². The Kier molecular flexibility index (Phi) is 3.87. The lowest BCUT2D eigenvalue weighted by Gasteiger charge is -2.31. The second kappa shape index (κ2) is 6.84. The molecule has 10 nitrogen and oxygen atoms in total. The number of hydrogen-bond donors (Lipinski definition) is 0. The highest BCUT2D eigenvalue weighted by Gasteiger charge is 2.65. The summed E-state index contributed by atoms with van der Waals surface area (Å²) in [6, 6.07) is 1.65. The van der Waals surface area contributed by atoms with Crippen molar-refractivity contribution in [3.8, 4) is 0 Å². The first kappa shape index (κ1) is 22.0. The molecule has 9 rings (SSSR count). The number of nitrogens with zero attached hydrogens (tertiary/aromatic N) is 3. The van der Waals surface area contributed by atoms with Crippen LogP contribution in [0.5, 0.6) is 0 Å². The molecular formula is C29H25N3O7. The lowest BCUT2D eigenvalue weighted by molar-refractivity contribution is -0.142. The molecule has 3 aliphatic heterocycles. The zero-order valence-electron chi connectivity index (χ0n) is 21.2. The first-order valence-corrected chi connectivity index (χ1v) is 13.8. The highest BCUT2D eigenvalue weighted by atomic mass is 16.3. The van der Waals surface area contributed by atoms with Crippen LogP contribution < -0.4 is 0 Å². The van der Waals surface area contributed by atoms with Gasteiger partial charge in [0.15, 0.2) is 0 Å². The van der Waals surface area contributed by atoms with Gasteiger partial charge in [0.1, 0.15) is 11.2 Å². The first-order valence-electron chi connectivity index (χ1n) is 13.8. The molecule has 0 radical (unpaired) electrons. The maximum absolute atomic E-state index is 13.7. The average molecular weight is 528 g/mol. The van der Waals surface area contributed by atoms with Gasteiger partial charge in [-0.2, -0.15) is 0 Å². The fourth-order valence-electron chi connectivity index (χ4n) is 9.53. The molecule has 39 heavy (non-hydrogen) atoms. The number of carbonyl (C=O) groups excluding carboxylic acids is 6. The van der Waals surface area contributed by atoms with Gasteiger partial charge in [-0.25, -0.2) is 0 Å². The van der Waals surface area contributed by atoms with E-state index in [1.165, 1.54) is 16.8 Å². The van der Waals surface area contributed by atoms with Crippen molar-refractivity contribution < 1.29 is 33.2 Å². The average Bonchev–Trinajstić information content (AvgIpc) is 3.77. The number of imide groups is 3. The number of allylic oxidation sites excluding steroid dienone is 2. The van der Waals surface area contributed by atoms with Crippen molar-refractivity contribution in [1.29, 1.82) is 0 Å². The Hall–Kier alpha value is -3.82. The molecule has 198 valence electrons. The second-order valence-electron chi connectivity index (χ2n) is 12.6. The summed E-state index contributed by atoms with van der Waals surface area (Å²) in [5.41, 5.74) is 1.57. The summed E-state index contributed by atoms with van der Waals surface area (Å²) >= 11 is 0. The summed E-state index contributed by atoms with van der Waals surface area (Å²) in [5, 5.41) is 0. The number of likely N-dealkylation sites (tertiary alicyclic amines) is 2. The normalized spacial score (nSPS) is 39.6. The van der Waals surface area contributed by atoms with Gasteiger partial charge in [-0.1, -0.05) is 12.2 Å². The molecule has 7 aliphatic rings. The molecule has 10 heteroatoms. The number of carbonyl (C=O) groups is 6. The van der Waals surface area contributed by atoms with Crippen molar-refractivity contribution in [3.63, 3.8) is 0 Å². The van der Waals surface area contributed by atoms with Crippen LogP contribution in [0.2, 0.25) is 0 Å². The summed E-state index contributed by atoms with van der Waals surface area (Å²) in [6.45, 7) is 0.337. The predicted octanol–water partition coefficient (Wildman–Crippen LogP) is 1.66. The molecule has 0 spiro atoms. The summed E-state index contributed by atoms with van der Waals surface area (Å²) < 4.78 is 5.71. The molecule has 5 fully saturated rings. The number of furan rings is 2. The molecule has 2 aromatic rings. The minimum Gasteiger partial charge on any atom is -0.455 e. The van der Waals surface area contributed by atoms with Crippen LogP contribution in [-0.2, 0) is 25.7 Å². The highest BCUT2D eigenvalue weighted by Crippen LogP contribution is 2.60. The minimum absolute atomic E-state index is 0.00218. The number of benzene rings is 1. The summed E-state index contributed by atoms with van der Waals surface area (Å²) in [4.78, 5) is 82.4. The van der Waals surface area contributed by atoms with Gasteiger partial charge in [-0.05, 0) is 54.9 Å².